The van der Waals surface area contributed by atoms with Gasteiger partial charge in [0.15, 0.2) is 0 Å². The molecule has 152 valence electrons. The molecule has 1 atom stereocenters. The molecule has 1 saturated heterocycles. The molecule has 0 radical (unpaired) electrons. The van der Waals surface area contributed by atoms with Crippen LogP contribution in [0.25, 0.3) is 0 Å². The van der Waals surface area contributed by atoms with Gasteiger partial charge in [-0.15, -0.1) is 0 Å². The van der Waals surface area contributed by atoms with Crippen molar-refractivity contribution in [2.45, 2.75) is 57.6 Å². The average Bonchev–Trinajstić information content (AvgIpc) is 2.60. The summed E-state index contributed by atoms with van der Waals surface area (Å²) in [4.78, 5) is 17.1. The number of halogens is 1. The lowest BCUT2D eigenvalue weighted by Gasteiger charge is -2.40. The Labute approximate surface area is 168 Å². The van der Waals surface area contributed by atoms with Gasteiger partial charge in [-0.1, -0.05) is 17.7 Å². The normalized spacial score (nSPS) is 18.1. The molecule has 0 aliphatic carbocycles. The van der Waals surface area contributed by atoms with E-state index in [0.29, 0.717) is 31.2 Å². The number of carbonyl (C=O) groups excluding carboxylic acids is 1. The molecule has 0 unspecified atom stereocenters. The van der Waals surface area contributed by atoms with E-state index in [1.807, 2.05) is 39.5 Å². The third-order valence-corrected chi connectivity index (χ3v) is 7.11. The molecule has 0 spiro atoms. The van der Waals surface area contributed by atoms with Crippen molar-refractivity contribution in [2.75, 3.05) is 26.2 Å². The molecule has 1 aromatic rings. The van der Waals surface area contributed by atoms with Gasteiger partial charge in [0.05, 0.1) is 10.9 Å². The first-order valence-electron chi connectivity index (χ1n) is 9.37. The van der Waals surface area contributed by atoms with Crippen LogP contribution in [0.5, 0.6) is 0 Å². The molecule has 0 bridgehead atoms. The molecule has 0 N–H and O–H groups in total. The van der Waals surface area contributed by atoms with Crippen molar-refractivity contribution < 1.29 is 13.2 Å². The fourth-order valence-electron chi connectivity index (χ4n) is 3.58. The molecule has 1 heterocycles. The molecule has 1 aliphatic heterocycles. The highest BCUT2D eigenvalue weighted by Crippen LogP contribution is 2.22. The number of hydrogen-bond acceptors (Lipinski definition) is 4. The maximum absolute atomic E-state index is 12.9. The van der Waals surface area contributed by atoms with Crippen LogP contribution in [0.2, 0.25) is 5.02 Å². The van der Waals surface area contributed by atoms with E-state index in [9.17, 15) is 13.2 Å². The average molecular weight is 416 g/mol. The molecule has 0 aromatic heterocycles. The van der Waals surface area contributed by atoms with Crippen molar-refractivity contribution in [3.8, 4) is 0 Å². The van der Waals surface area contributed by atoms with Crippen molar-refractivity contribution in [3.05, 3.63) is 29.3 Å². The Morgan fingerprint density at radius 1 is 1.04 bits per heavy atom. The Bertz CT molecular complexity index is 751. The van der Waals surface area contributed by atoms with Crippen LogP contribution < -0.4 is 0 Å². The van der Waals surface area contributed by atoms with Crippen molar-refractivity contribution in [2.24, 2.45) is 0 Å². The highest BCUT2D eigenvalue weighted by atomic mass is 35.5. The molecule has 1 amide bonds. The molecular weight excluding hydrogens is 386 g/mol. The maximum atomic E-state index is 12.9. The van der Waals surface area contributed by atoms with E-state index in [0.717, 1.165) is 0 Å². The lowest BCUT2D eigenvalue weighted by atomic mass is 10.1. The van der Waals surface area contributed by atoms with E-state index in [-0.39, 0.29) is 28.9 Å². The number of carbonyl (C=O) groups is 1. The third-order valence-electron chi connectivity index (χ3n) is 4.98. The lowest BCUT2D eigenvalue weighted by Crippen LogP contribution is -2.57. The summed E-state index contributed by atoms with van der Waals surface area (Å²) in [5.41, 5.74) is 0. The maximum Gasteiger partial charge on any atom is 0.243 e. The van der Waals surface area contributed by atoms with Crippen molar-refractivity contribution in [1.82, 2.24) is 14.1 Å². The molecule has 1 aliphatic rings. The molecule has 2 rings (SSSR count). The zero-order chi connectivity index (χ0) is 20.4. The molecule has 0 saturated carbocycles. The van der Waals surface area contributed by atoms with Gasteiger partial charge in [-0.2, -0.15) is 4.31 Å². The van der Waals surface area contributed by atoms with Gasteiger partial charge in [-0.3, -0.25) is 9.69 Å². The summed E-state index contributed by atoms with van der Waals surface area (Å²) >= 11 is 5.94. The Morgan fingerprint density at radius 3 is 2.07 bits per heavy atom. The van der Waals surface area contributed by atoms with Crippen molar-refractivity contribution >= 4 is 27.5 Å². The molecular formula is C19H30ClN3O3S. The fourth-order valence-corrected chi connectivity index (χ4v) is 5.31. The summed E-state index contributed by atoms with van der Waals surface area (Å²) in [7, 11) is -3.57. The van der Waals surface area contributed by atoms with Crippen LogP contribution in [0.1, 0.15) is 34.6 Å². The topological polar surface area (TPSA) is 60.9 Å². The van der Waals surface area contributed by atoms with Crippen LogP contribution in [-0.4, -0.2) is 72.7 Å². The minimum atomic E-state index is -3.57. The predicted octanol–water partition coefficient (Wildman–Crippen LogP) is 2.68. The van der Waals surface area contributed by atoms with Gasteiger partial charge in [0.2, 0.25) is 15.9 Å². The first-order valence-corrected chi connectivity index (χ1v) is 11.2. The first kappa shape index (κ1) is 22.1. The van der Waals surface area contributed by atoms with Gasteiger partial charge in [0, 0.05) is 43.3 Å². The van der Waals surface area contributed by atoms with Crippen LogP contribution in [0.3, 0.4) is 0 Å². The predicted molar refractivity (Wildman–Crippen MR) is 108 cm³/mol. The quantitative estimate of drug-likeness (QED) is 0.716. The summed E-state index contributed by atoms with van der Waals surface area (Å²) < 4.78 is 27.1. The largest absolute Gasteiger partial charge is 0.336 e. The summed E-state index contributed by atoms with van der Waals surface area (Å²) in [6.45, 7) is 11.7. The number of sulfonamides is 1. The second kappa shape index (κ2) is 8.90. The van der Waals surface area contributed by atoms with Gasteiger partial charge < -0.3 is 4.90 Å². The minimum absolute atomic E-state index is 0.0890. The second-order valence-electron chi connectivity index (χ2n) is 7.51. The van der Waals surface area contributed by atoms with E-state index < -0.39 is 10.0 Å². The highest BCUT2D eigenvalue weighted by molar-refractivity contribution is 7.89. The number of hydrogen-bond donors (Lipinski definition) is 0. The van der Waals surface area contributed by atoms with Gasteiger partial charge in [-0.05, 0) is 52.8 Å². The van der Waals surface area contributed by atoms with Crippen LogP contribution in [0, 0.1) is 0 Å². The number of benzene rings is 1. The van der Waals surface area contributed by atoms with E-state index in [1.165, 1.54) is 10.4 Å². The third kappa shape index (κ3) is 5.02. The zero-order valence-corrected chi connectivity index (χ0v) is 18.3. The van der Waals surface area contributed by atoms with Crippen LogP contribution in [0.15, 0.2) is 29.2 Å². The van der Waals surface area contributed by atoms with Crippen LogP contribution in [-0.2, 0) is 14.8 Å². The fraction of sp³-hybridized carbons (Fsp3) is 0.632. The smallest absolute Gasteiger partial charge is 0.243 e. The monoisotopic (exact) mass is 415 g/mol. The standard InChI is InChI=1S/C19H30ClN3O3S/c1-14(2)23(15(3)4)19(24)16(5)21-9-11-22(12-10-21)27(25,26)18-8-6-7-17(20)13-18/h6-8,13-16H,9-12H2,1-5H3/t16-/m1/s1. The minimum Gasteiger partial charge on any atom is -0.336 e. The zero-order valence-electron chi connectivity index (χ0n) is 16.7. The second-order valence-corrected chi connectivity index (χ2v) is 9.88. The molecule has 1 fully saturated rings. The SMILES string of the molecule is CC(C)N(C(=O)[C@@H](C)N1CCN(S(=O)(=O)c2cccc(Cl)c2)CC1)C(C)C. The Balaban J connectivity index is 2.05. The van der Waals surface area contributed by atoms with Gasteiger partial charge in [-0.25, -0.2) is 8.42 Å². The van der Waals surface area contributed by atoms with E-state index >= 15 is 0 Å². The molecule has 1 aromatic carbocycles. The summed E-state index contributed by atoms with van der Waals surface area (Å²) in [6.07, 6.45) is 0. The molecule has 27 heavy (non-hydrogen) atoms. The van der Waals surface area contributed by atoms with E-state index in [2.05, 4.69) is 4.90 Å². The van der Waals surface area contributed by atoms with Crippen molar-refractivity contribution in [1.29, 1.82) is 0 Å². The van der Waals surface area contributed by atoms with Gasteiger partial charge >= 0.3 is 0 Å². The first-order chi connectivity index (χ1) is 12.6. The summed E-state index contributed by atoms with van der Waals surface area (Å²) in [5, 5.41) is 0.399. The Kier molecular flexibility index (Phi) is 7.30. The number of rotatable bonds is 6. The number of nitrogens with zero attached hydrogens (tertiary/aromatic N) is 3. The Morgan fingerprint density at radius 2 is 1.59 bits per heavy atom. The van der Waals surface area contributed by atoms with Gasteiger partial charge in [0.25, 0.3) is 0 Å². The van der Waals surface area contributed by atoms with Crippen LogP contribution >= 0.6 is 11.6 Å². The summed E-state index contributed by atoms with van der Waals surface area (Å²) in [6, 6.07) is 6.31. The molecule has 6 nitrogen and oxygen atoms in total. The summed E-state index contributed by atoms with van der Waals surface area (Å²) in [5.74, 6) is 0.0890. The van der Waals surface area contributed by atoms with E-state index in [1.54, 1.807) is 18.2 Å². The van der Waals surface area contributed by atoms with Crippen molar-refractivity contribution in [3.63, 3.8) is 0 Å². The number of piperazine rings is 1. The molecule has 8 heteroatoms. The highest BCUT2D eigenvalue weighted by Gasteiger charge is 2.34. The Hall–Kier alpha value is -1.15. The van der Waals surface area contributed by atoms with E-state index in [4.69, 9.17) is 11.6 Å². The van der Waals surface area contributed by atoms with Crippen LogP contribution in [0.4, 0.5) is 0 Å². The number of amides is 1. The van der Waals surface area contributed by atoms with Gasteiger partial charge in [0.1, 0.15) is 0 Å². The lowest BCUT2D eigenvalue weighted by molar-refractivity contribution is -0.140.